The molecule has 0 spiro atoms. The molecule has 1 heterocycles. The predicted octanol–water partition coefficient (Wildman–Crippen LogP) is 2.64. The molecule has 0 saturated carbocycles. The van der Waals surface area contributed by atoms with Gasteiger partial charge in [0.2, 0.25) is 0 Å². The van der Waals surface area contributed by atoms with Crippen molar-refractivity contribution in [2.45, 2.75) is 65.3 Å². The van der Waals surface area contributed by atoms with E-state index >= 15 is 0 Å². The standard InChI is InChI=1S/C13H24N4O2/c1-5-7-11(8-6-2)12-14-15-16-17(12)10(4)9(3)13(18)19/h9-11H,5-8H2,1-4H3,(H,18,19). The maximum Gasteiger partial charge on any atom is 0.308 e. The Morgan fingerprint density at radius 1 is 1.26 bits per heavy atom. The Labute approximate surface area is 114 Å². The smallest absolute Gasteiger partial charge is 0.308 e. The minimum atomic E-state index is -0.823. The normalized spacial score (nSPS) is 14.6. The fraction of sp³-hybridized carbons (Fsp3) is 0.846. The van der Waals surface area contributed by atoms with Gasteiger partial charge in [-0.05, 0) is 37.1 Å². The first kappa shape index (κ1) is 15.6. The molecule has 0 aliphatic rings. The van der Waals surface area contributed by atoms with E-state index in [9.17, 15) is 4.79 Å². The Kier molecular flexibility index (Phi) is 5.92. The van der Waals surface area contributed by atoms with Crippen molar-refractivity contribution in [2.75, 3.05) is 0 Å². The zero-order valence-corrected chi connectivity index (χ0v) is 12.2. The molecule has 0 aliphatic heterocycles. The molecule has 2 unspecified atom stereocenters. The van der Waals surface area contributed by atoms with Crippen LogP contribution in [-0.2, 0) is 4.79 Å². The highest BCUT2D eigenvalue weighted by atomic mass is 16.4. The SMILES string of the molecule is CCCC(CCC)c1nnnn1C(C)C(C)C(=O)O. The van der Waals surface area contributed by atoms with Crippen LogP contribution in [0.5, 0.6) is 0 Å². The number of aliphatic carboxylic acids is 1. The van der Waals surface area contributed by atoms with Crippen LogP contribution in [0, 0.1) is 5.92 Å². The van der Waals surface area contributed by atoms with Crippen molar-refractivity contribution < 1.29 is 9.90 Å². The predicted molar refractivity (Wildman–Crippen MR) is 71.9 cm³/mol. The molecule has 0 aromatic carbocycles. The van der Waals surface area contributed by atoms with E-state index in [2.05, 4.69) is 29.4 Å². The summed E-state index contributed by atoms with van der Waals surface area (Å²) in [4.78, 5) is 11.1. The molecule has 1 aromatic heterocycles. The number of hydrogen-bond acceptors (Lipinski definition) is 4. The number of nitrogens with zero attached hydrogens (tertiary/aromatic N) is 4. The van der Waals surface area contributed by atoms with Gasteiger partial charge >= 0.3 is 5.97 Å². The number of hydrogen-bond donors (Lipinski definition) is 1. The summed E-state index contributed by atoms with van der Waals surface area (Å²) in [5.41, 5.74) is 0. The number of aromatic nitrogens is 4. The van der Waals surface area contributed by atoms with Gasteiger partial charge in [0.15, 0.2) is 5.82 Å². The summed E-state index contributed by atoms with van der Waals surface area (Å²) in [6, 6.07) is -0.237. The topological polar surface area (TPSA) is 80.9 Å². The summed E-state index contributed by atoms with van der Waals surface area (Å²) in [6.45, 7) is 7.82. The van der Waals surface area contributed by atoms with Crippen molar-refractivity contribution in [3.8, 4) is 0 Å². The Balaban J connectivity index is 2.97. The zero-order chi connectivity index (χ0) is 14.4. The highest BCUT2D eigenvalue weighted by Gasteiger charge is 2.27. The number of tetrazole rings is 1. The molecule has 1 rings (SSSR count). The Morgan fingerprint density at radius 2 is 1.84 bits per heavy atom. The van der Waals surface area contributed by atoms with E-state index in [0.29, 0.717) is 5.92 Å². The molecule has 0 bridgehead atoms. The minimum Gasteiger partial charge on any atom is -0.481 e. The van der Waals surface area contributed by atoms with Gasteiger partial charge in [0, 0.05) is 5.92 Å². The summed E-state index contributed by atoms with van der Waals surface area (Å²) >= 11 is 0. The first-order chi connectivity index (χ1) is 9.02. The highest BCUT2D eigenvalue weighted by Crippen LogP contribution is 2.27. The highest BCUT2D eigenvalue weighted by molar-refractivity contribution is 5.70. The molecule has 6 heteroatoms. The Morgan fingerprint density at radius 3 is 2.32 bits per heavy atom. The second kappa shape index (κ2) is 7.21. The zero-order valence-electron chi connectivity index (χ0n) is 12.2. The van der Waals surface area contributed by atoms with Crippen molar-refractivity contribution in [3.05, 3.63) is 5.82 Å². The number of rotatable bonds is 8. The monoisotopic (exact) mass is 268 g/mol. The van der Waals surface area contributed by atoms with Crippen molar-refractivity contribution in [1.29, 1.82) is 0 Å². The summed E-state index contributed by atoms with van der Waals surface area (Å²) in [5.74, 6) is -0.194. The summed E-state index contributed by atoms with van der Waals surface area (Å²) in [5, 5.41) is 21.0. The van der Waals surface area contributed by atoms with Crippen LogP contribution in [0.4, 0.5) is 0 Å². The van der Waals surface area contributed by atoms with Crippen LogP contribution in [0.3, 0.4) is 0 Å². The molecule has 19 heavy (non-hydrogen) atoms. The third-order valence-corrected chi connectivity index (χ3v) is 3.66. The molecule has 2 atom stereocenters. The summed E-state index contributed by atoms with van der Waals surface area (Å²) in [6.07, 6.45) is 4.20. The Hall–Kier alpha value is -1.46. The van der Waals surface area contributed by atoms with Crippen molar-refractivity contribution in [2.24, 2.45) is 5.92 Å². The van der Waals surface area contributed by atoms with Gasteiger partial charge in [0.05, 0.1) is 12.0 Å². The average molecular weight is 268 g/mol. The van der Waals surface area contributed by atoms with Crippen molar-refractivity contribution in [3.63, 3.8) is 0 Å². The molecule has 0 saturated heterocycles. The Bertz CT molecular complexity index is 399. The molecule has 1 N–H and O–H groups in total. The quantitative estimate of drug-likeness (QED) is 0.783. The molecule has 108 valence electrons. The molecular formula is C13H24N4O2. The first-order valence-corrected chi connectivity index (χ1v) is 7.03. The summed E-state index contributed by atoms with van der Waals surface area (Å²) < 4.78 is 1.69. The summed E-state index contributed by atoms with van der Waals surface area (Å²) in [7, 11) is 0. The first-order valence-electron chi connectivity index (χ1n) is 7.03. The molecule has 0 amide bonds. The van der Waals surface area contributed by atoms with E-state index in [4.69, 9.17) is 5.11 Å². The van der Waals surface area contributed by atoms with Crippen LogP contribution in [0.1, 0.15) is 71.2 Å². The van der Waals surface area contributed by atoms with E-state index in [0.717, 1.165) is 31.5 Å². The van der Waals surface area contributed by atoms with E-state index in [1.807, 2.05) is 6.92 Å². The van der Waals surface area contributed by atoms with Crippen LogP contribution < -0.4 is 0 Å². The molecular weight excluding hydrogens is 244 g/mol. The van der Waals surface area contributed by atoms with E-state index in [1.54, 1.807) is 11.6 Å². The molecule has 0 fully saturated rings. The molecule has 1 aromatic rings. The largest absolute Gasteiger partial charge is 0.481 e. The lowest BCUT2D eigenvalue weighted by Gasteiger charge is -2.21. The van der Waals surface area contributed by atoms with Crippen LogP contribution >= 0.6 is 0 Å². The van der Waals surface area contributed by atoms with Gasteiger partial charge in [-0.3, -0.25) is 4.79 Å². The number of carboxylic acids is 1. The maximum atomic E-state index is 11.1. The third kappa shape index (κ3) is 3.75. The van der Waals surface area contributed by atoms with Crippen LogP contribution in [-0.4, -0.2) is 31.3 Å². The average Bonchev–Trinajstić information content (AvgIpc) is 2.85. The van der Waals surface area contributed by atoms with Gasteiger partial charge in [-0.15, -0.1) is 5.10 Å². The fourth-order valence-electron chi connectivity index (χ4n) is 2.28. The lowest BCUT2D eigenvalue weighted by molar-refractivity contribution is -0.142. The van der Waals surface area contributed by atoms with Crippen LogP contribution in [0.25, 0.3) is 0 Å². The van der Waals surface area contributed by atoms with Gasteiger partial charge in [-0.1, -0.05) is 26.7 Å². The molecule has 6 nitrogen and oxygen atoms in total. The second-order valence-corrected chi connectivity index (χ2v) is 5.12. The lowest BCUT2D eigenvalue weighted by atomic mass is 9.96. The number of carbonyl (C=O) groups is 1. The van der Waals surface area contributed by atoms with Crippen molar-refractivity contribution >= 4 is 5.97 Å². The molecule has 0 aliphatic carbocycles. The van der Waals surface area contributed by atoms with E-state index < -0.39 is 11.9 Å². The molecule has 0 radical (unpaired) electrons. The van der Waals surface area contributed by atoms with Gasteiger partial charge in [0.25, 0.3) is 0 Å². The van der Waals surface area contributed by atoms with Crippen molar-refractivity contribution in [1.82, 2.24) is 20.2 Å². The maximum absolute atomic E-state index is 11.1. The van der Waals surface area contributed by atoms with Crippen LogP contribution in [0.15, 0.2) is 0 Å². The van der Waals surface area contributed by atoms with E-state index in [1.165, 1.54) is 0 Å². The number of carboxylic acid groups (broad SMARTS) is 1. The van der Waals surface area contributed by atoms with Gasteiger partial charge in [-0.25, -0.2) is 4.68 Å². The van der Waals surface area contributed by atoms with E-state index in [-0.39, 0.29) is 6.04 Å². The lowest BCUT2D eigenvalue weighted by Crippen LogP contribution is -2.25. The van der Waals surface area contributed by atoms with Crippen LogP contribution in [0.2, 0.25) is 0 Å². The van der Waals surface area contributed by atoms with Gasteiger partial charge in [0.1, 0.15) is 0 Å². The third-order valence-electron chi connectivity index (χ3n) is 3.66. The fourth-order valence-corrected chi connectivity index (χ4v) is 2.28. The minimum absolute atomic E-state index is 0.237. The van der Waals surface area contributed by atoms with Gasteiger partial charge < -0.3 is 5.11 Å². The van der Waals surface area contributed by atoms with Gasteiger partial charge in [-0.2, -0.15) is 0 Å². The second-order valence-electron chi connectivity index (χ2n) is 5.12.